The summed E-state index contributed by atoms with van der Waals surface area (Å²) >= 11 is 3.51. The molecule has 0 radical (unpaired) electrons. The second-order valence-corrected chi connectivity index (χ2v) is 8.61. The van der Waals surface area contributed by atoms with Gasteiger partial charge in [0.2, 0.25) is 0 Å². The van der Waals surface area contributed by atoms with Crippen LogP contribution in [0.15, 0.2) is 33.7 Å². The van der Waals surface area contributed by atoms with Crippen LogP contribution in [0.5, 0.6) is 0 Å². The highest BCUT2D eigenvalue weighted by Gasteiger charge is 2.24. The number of hydrogen-bond donors (Lipinski definition) is 2. The van der Waals surface area contributed by atoms with Crippen molar-refractivity contribution in [2.75, 3.05) is 39.8 Å². The molecule has 2 saturated heterocycles. The van der Waals surface area contributed by atoms with Crippen LogP contribution in [0.3, 0.4) is 0 Å². The monoisotopic (exact) mass is 435 g/mol. The van der Waals surface area contributed by atoms with Crippen LogP contribution in [0, 0.1) is 0 Å². The highest BCUT2D eigenvalue weighted by molar-refractivity contribution is 9.10. The topological polar surface area (TPSA) is 42.9 Å². The molecule has 0 spiro atoms. The van der Waals surface area contributed by atoms with Gasteiger partial charge in [0.1, 0.15) is 0 Å². The van der Waals surface area contributed by atoms with Crippen LogP contribution >= 0.6 is 15.9 Å². The van der Waals surface area contributed by atoms with Crippen molar-refractivity contribution < 1.29 is 0 Å². The van der Waals surface area contributed by atoms with Gasteiger partial charge in [-0.3, -0.25) is 14.8 Å². The smallest absolute Gasteiger partial charge is 0.191 e. The molecule has 2 fully saturated rings. The second-order valence-electron chi connectivity index (χ2n) is 7.70. The molecule has 5 nitrogen and oxygen atoms in total. The van der Waals surface area contributed by atoms with Gasteiger partial charge in [-0.25, -0.2) is 0 Å². The SMILES string of the molecule is CCN1CCCC1CNC(=NC)NC1CCN(Cc2ccc(Br)cc2)CC1. The quantitative estimate of drug-likeness (QED) is 0.532. The summed E-state index contributed by atoms with van der Waals surface area (Å²) in [6.45, 7) is 8.96. The highest BCUT2D eigenvalue weighted by Crippen LogP contribution is 2.17. The third kappa shape index (κ3) is 6.19. The van der Waals surface area contributed by atoms with Gasteiger partial charge >= 0.3 is 0 Å². The zero-order chi connectivity index (χ0) is 19.1. The molecular weight excluding hydrogens is 402 g/mol. The Kier molecular flexibility index (Phi) is 7.97. The number of guanidine groups is 1. The summed E-state index contributed by atoms with van der Waals surface area (Å²) < 4.78 is 1.15. The minimum atomic E-state index is 0.517. The number of aliphatic imine (C=N–C) groups is 1. The number of benzene rings is 1. The molecule has 3 rings (SSSR count). The molecule has 1 aromatic rings. The lowest BCUT2D eigenvalue weighted by atomic mass is 10.0. The van der Waals surface area contributed by atoms with Crippen LogP contribution in [0.2, 0.25) is 0 Å². The molecule has 1 atom stereocenters. The van der Waals surface area contributed by atoms with E-state index >= 15 is 0 Å². The number of rotatable bonds is 6. The number of nitrogens with one attached hydrogen (secondary N) is 2. The summed E-state index contributed by atoms with van der Waals surface area (Å²) in [6.07, 6.45) is 4.96. The number of piperidine rings is 1. The first-order valence-electron chi connectivity index (χ1n) is 10.4. The normalized spacial score (nSPS) is 22.9. The van der Waals surface area contributed by atoms with Crippen molar-refractivity contribution in [1.82, 2.24) is 20.4 Å². The van der Waals surface area contributed by atoms with Gasteiger partial charge in [0.15, 0.2) is 5.96 Å². The average Bonchev–Trinajstić information content (AvgIpc) is 3.16. The maximum absolute atomic E-state index is 4.45. The van der Waals surface area contributed by atoms with Crippen molar-refractivity contribution in [3.63, 3.8) is 0 Å². The van der Waals surface area contributed by atoms with Crippen molar-refractivity contribution in [2.24, 2.45) is 4.99 Å². The van der Waals surface area contributed by atoms with Crippen LogP contribution in [0.25, 0.3) is 0 Å². The Balaban J connectivity index is 1.39. The minimum Gasteiger partial charge on any atom is -0.355 e. The number of likely N-dealkylation sites (tertiary alicyclic amines) is 2. The molecule has 0 bridgehead atoms. The Hall–Kier alpha value is -1.11. The van der Waals surface area contributed by atoms with Gasteiger partial charge in [-0.2, -0.15) is 0 Å². The first kappa shape index (κ1) is 20.6. The maximum Gasteiger partial charge on any atom is 0.191 e. The molecule has 150 valence electrons. The van der Waals surface area contributed by atoms with E-state index in [1.165, 1.54) is 37.8 Å². The lowest BCUT2D eigenvalue weighted by molar-refractivity contribution is 0.198. The standard InChI is InChI=1S/C21H34BrN5/c1-3-27-12-4-5-20(27)15-24-21(23-2)25-19-10-13-26(14-11-19)16-17-6-8-18(22)9-7-17/h6-9,19-20H,3-5,10-16H2,1-2H3,(H2,23,24,25). The van der Waals surface area contributed by atoms with Crippen LogP contribution in [0.4, 0.5) is 0 Å². The van der Waals surface area contributed by atoms with E-state index in [0.717, 1.165) is 43.2 Å². The van der Waals surface area contributed by atoms with Gasteiger partial charge in [0, 0.05) is 49.8 Å². The van der Waals surface area contributed by atoms with Gasteiger partial charge in [-0.15, -0.1) is 0 Å². The first-order chi connectivity index (χ1) is 13.2. The average molecular weight is 436 g/mol. The van der Waals surface area contributed by atoms with Gasteiger partial charge in [0.25, 0.3) is 0 Å². The van der Waals surface area contributed by atoms with E-state index < -0.39 is 0 Å². The Labute approximate surface area is 172 Å². The van der Waals surface area contributed by atoms with E-state index in [4.69, 9.17) is 0 Å². The molecule has 0 amide bonds. The Morgan fingerprint density at radius 3 is 2.56 bits per heavy atom. The van der Waals surface area contributed by atoms with Gasteiger partial charge < -0.3 is 10.6 Å². The number of nitrogens with zero attached hydrogens (tertiary/aromatic N) is 3. The predicted octanol–water partition coefficient (Wildman–Crippen LogP) is 3.06. The van der Waals surface area contributed by atoms with Crippen LogP contribution in [-0.2, 0) is 6.54 Å². The van der Waals surface area contributed by atoms with Gasteiger partial charge in [-0.05, 0) is 56.5 Å². The van der Waals surface area contributed by atoms with Crippen molar-refractivity contribution in [2.45, 2.75) is 51.2 Å². The first-order valence-corrected chi connectivity index (χ1v) is 11.1. The highest BCUT2D eigenvalue weighted by atomic mass is 79.9. The van der Waals surface area contributed by atoms with E-state index in [1.807, 2.05) is 7.05 Å². The second kappa shape index (κ2) is 10.4. The van der Waals surface area contributed by atoms with Crippen molar-refractivity contribution >= 4 is 21.9 Å². The molecule has 2 aliphatic heterocycles. The molecule has 0 aromatic heterocycles. The largest absolute Gasteiger partial charge is 0.355 e. The van der Waals surface area contributed by atoms with Crippen LogP contribution < -0.4 is 10.6 Å². The number of halogens is 1. The van der Waals surface area contributed by atoms with E-state index in [2.05, 4.69) is 72.5 Å². The summed E-state index contributed by atoms with van der Waals surface area (Å²) in [5.74, 6) is 0.962. The molecule has 27 heavy (non-hydrogen) atoms. The third-order valence-corrected chi connectivity index (χ3v) is 6.41. The fraction of sp³-hybridized carbons (Fsp3) is 0.667. The molecule has 6 heteroatoms. The Morgan fingerprint density at radius 1 is 1.15 bits per heavy atom. The van der Waals surface area contributed by atoms with Crippen LogP contribution in [0.1, 0.15) is 38.2 Å². The number of likely N-dealkylation sites (N-methyl/N-ethyl adjacent to an activating group) is 1. The predicted molar refractivity (Wildman–Crippen MR) is 117 cm³/mol. The number of hydrogen-bond acceptors (Lipinski definition) is 3. The lowest BCUT2D eigenvalue weighted by Gasteiger charge is -2.33. The maximum atomic E-state index is 4.45. The zero-order valence-corrected chi connectivity index (χ0v) is 18.3. The molecule has 2 aliphatic rings. The third-order valence-electron chi connectivity index (χ3n) is 5.88. The summed E-state index contributed by atoms with van der Waals surface area (Å²) in [6, 6.07) is 9.85. The van der Waals surface area contributed by atoms with Crippen molar-refractivity contribution in [1.29, 1.82) is 0 Å². The van der Waals surface area contributed by atoms with Gasteiger partial charge in [-0.1, -0.05) is 35.0 Å². The summed E-state index contributed by atoms with van der Waals surface area (Å²) in [4.78, 5) is 9.57. The van der Waals surface area contributed by atoms with E-state index in [-0.39, 0.29) is 0 Å². The molecule has 2 N–H and O–H groups in total. The molecular formula is C21H34BrN5. The summed E-state index contributed by atoms with van der Waals surface area (Å²) in [5.41, 5.74) is 1.39. The van der Waals surface area contributed by atoms with E-state index in [1.54, 1.807) is 0 Å². The fourth-order valence-electron chi connectivity index (χ4n) is 4.23. The molecule has 0 aliphatic carbocycles. The van der Waals surface area contributed by atoms with E-state index in [9.17, 15) is 0 Å². The van der Waals surface area contributed by atoms with Crippen molar-refractivity contribution in [3.05, 3.63) is 34.3 Å². The minimum absolute atomic E-state index is 0.517. The molecule has 1 unspecified atom stereocenters. The molecule has 0 saturated carbocycles. The molecule has 2 heterocycles. The lowest BCUT2D eigenvalue weighted by Crippen LogP contribution is -2.50. The van der Waals surface area contributed by atoms with E-state index in [0.29, 0.717) is 12.1 Å². The summed E-state index contributed by atoms with van der Waals surface area (Å²) in [5, 5.41) is 7.20. The van der Waals surface area contributed by atoms with Crippen molar-refractivity contribution in [3.8, 4) is 0 Å². The Morgan fingerprint density at radius 2 is 1.89 bits per heavy atom. The van der Waals surface area contributed by atoms with Crippen LogP contribution in [-0.4, -0.2) is 67.6 Å². The van der Waals surface area contributed by atoms with Gasteiger partial charge in [0.05, 0.1) is 0 Å². The summed E-state index contributed by atoms with van der Waals surface area (Å²) in [7, 11) is 1.88. The fourth-order valence-corrected chi connectivity index (χ4v) is 4.49. The zero-order valence-electron chi connectivity index (χ0n) is 16.8. The Bertz CT molecular complexity index is 595. The molecule has 1 aromatic carbocycles.